The number of carbonyl (C=O) groups excluding carboxylic acids is 1. The van der Waals surface area contributed by atoms with Crippen molar-refractivity contribution >= 4 is 69.4 Å². The van der Waals surface area contributed by atoms with Crippen LogP contribution in [0.1, 0.15) is 15.9 Å². The van der Waals surface area contributed by atoms with Gasteiger partial charge in [-0.3, -0.25) is 15.0 Å². The fraction of sp³-hybridized carbons (Fsp3) is 0.200. The van der Waals surface area contributed by atoms with Gasteiger partial charge in [0.15, 0.2) is 5.11 Å². The highest BCUT2D eigenvalue weighted by Gasteiger charge is 2.20. The van der Waals surface area contributed by atoms with E-state index in [2.05, 4.69) is 26.5 Å². The van der Waals surface area contributed by atoms with Crippen molar-refractivity contribution in [2.45, 2.75) is 6.54 Å². The average molecular weight is 534 g/mol. The molecule has 9 heteroatoms. The van der Waals surface area contributed by atoms with Gasteiger partial charge in [-0.2, -0.15) is 0 Å². The molecule has 1 aliphatic rings. The lowest BCUT2D eigenvalue weighted by Crippen LogP contribution is -2.46. The smallest absolute Gasteiger partial charge is 0.257 e. The van der Waals surface area contributed by atoms with Crippen LogP contribution in [0.3, 0.4) is 0 Å². The number of nitrogens with zero attached hydrogens (tertiary/aromatic N) is 2. The Morgan fingerprint density at radius 3 is 2.35 bits per heavy atom. The highest BCUT2D eigenvalue weighted by atomic mass is 35.5. The van der Waals surface area contributed by atoms with Gasteiger partial charge in [-0.25, -0.2) is 0 Å². The van der Waals surface area contributed by atoms with E-state index >= 15 is 0 Å². The molecule has 0 spiro atoms. The summed E-state index contributed by atoms with van der Waals surface area (Å²) >= 11 is 24.1. The minimum atomic E-state index is -0.336. The molecule has 1 saturated heterocycles. The van der Waals surface area contributed by atoms with E-state index in [1.165, 1.54) is 0 Å². The van der Waals surface area contributed by atoms with Gasteiger partial charge in [0.25, 0.3) is 5.91 Å². The summed E-state index contributed by atoms with van der Waals surface area (Å²) in [5.41, 5.74) is 3.24. The Balaban J connectivity index is 1.31. The van der Waals surface area contributed by atoms with E-state index in [0.717, 1.165) is 49.0 Å². The number of carbonyl (C=O) groups is 1. The van der Waals surface area contributed by atoms with Crippen molar-refractivity contribution in [1.82, 2.24) is 10.2 Å². The molecule has 0 atom stereocenters. The van der Waals surface area contributed by atoms with Crippen LogP contribution >= 0.6 is 47.0 Å². The molecule has 176 valence electrons. The summed E-state index contributed by atoms with van der Waals surface area (Å²) < 4.78 is 0. The summed E-state index contributed by atoms with van der Waals surface area (Å²) in [6.45, 7) is 4.40. The fourth-order valence-electron chi connectivity index (χ4n) is 3.82. The molecule has 0 aliphatic carbocycles. The maximum absolute atomic E-state index is 12.3. The van der Waals surface area contributed by atoms with Crippen LogP contribution in [0.15, 0.2) is 66.7 Å². The van der Waals surface area contributed by atoms with Crippen molar-refractivity contribution in [2.75, 3.05) is 36.4 Å². The summed E-state index contributed by atoms with van der Waals surface area (Å²) in [7, 11) is 0. The van der Waals surface area contributed by atoms with Gasteiger partial charge in [0.05, 0.1) is 10.7 Å². The average Bonchev–Trinajstić information content (AvgIpc) is 2.81. The lowest BCUT2D eigenvalue weighted by molar-refractivity contribution is 0.0977. The van der Waals surface area contributed by atoms with Crippen LogP contribution in [0, 0.1) is 0 Å². The highest BCUT2D eigenvalue weighted by molar-refractivity contribution is 7.80. The molecule has 2 N–H and O–H groups in total. The Morgan fingerprint density at radius 2 is 1.65 bits per heavy atom. The van der Waals surface area contributed by atoms with Crippen molar-refractivity contribution in [2.24, 2.45) is 0 Å². The Labute approximate surface area is 219 Å². The number of amides is 1. The first-order chi connectivity index (χ1) is 16.4. The van der Waals surface area contributed by atoms with Crippen molar-refractivity contribution < 1.29 is 4.79 Å². The van der Waals surface area contributed by atoms with Gasteiger partial charge in [-0.05, 0) is 60.2 Å². The minimum absolute atomic E-state index is 0.182. The van der Waals surface area contributed by atoms with E-state index in [1.807, 2.05) is 36.4 Å². The van der Waals surface area contributed by atoms with E-state index in [-0.39, 0.29) is 11.0 Å². The molecule has 3 aromatic carbocycles. The van der Waals surface area contributed by atoms with Crippen LogP contribution in [0.25, 0.3) is 0 Å². The Morgan fingerprint density at radius 1 is 0.882 bits per heavy atom. The molecule has 0 unspecified atom stereocenters. The number of benzene rings is 3. The van der Waals surface area contributed by atoms with E-state index in [0.29, 0.717) is 21.3 Å². The van der Waals surface area contributed by atoms with Crippen LogP contribution in [0.4, 0.5) is 11.4 Å². The van der Waals surface area contributed by atoms with E-state index in [1.54, 1.807) is 24.3 Å². The van der Waals surface area contributed by atoms with Crippen molar-refractivity contribution in [3.05, 3.63) is 92.9 Å². The molecule has 5 nitrogen and oxygen atoms in total. The zero-order valence-corrected chi connectivity index (χ0v) is 21.3. The van der Waals surface area contributed by atoms with Gasteiger partial charge in [0, 0.05) is 54.0 Å². The molecule has 1 fully saturated rings. The van der Waals surface area contributed by atoms with Gasteiger partial charge >= 0.3 is 0 Å². The number of hydrogen-bond acceptors (Lipinski definition) is 4. The molecule has 1 heterocycles. The quantitative estimate of drug-likeness (QED) is 0.388. The zero-order valence-electron chi connectivity index (χ0n) is 18.2. The fourth-order valence-corrected chi connectivity index (χ4v) is 4.72. The van der Waals surface area contributed by atoms with Gasteiger partial charge in [0.2, 0.25) is 0 Å². The number of rotatable bonds is 5. The largest absolute Gasteiger partial charge is 0.368 e. The molecule has 0 saturated carbocycles. The summed E-state index contributed by atoms with van der Waals surface area (Å²) in [6.07, 6.45) is 0. The molecule has 0 radical (unpaired) electrons. The second-order valence-electron chi connectivity index (χ2n) is 7.94. The first kappa shape index (κ1) is 24.8. The second kappa shape index (κ2) is 11.4. The number of thiocarbonyl (C=S) groups is 1. The highest BCUT2D eigenvalue weighted by Crippen LogP contribution is 2.30. The predicted molar refractivity (Wildman–Crippen MR) is 146 cm³/mol. The summed E-state index contributed by atoms with van der Waals surface area (Å²) in [5, 5.41) is 7.75. The van der Waals surface area contributed by atoms with E-state index < -0.39 is 0 Å². The van der Waals surface area contributed by atoms with Crippen LogP contribution in [-0.4, -0.2) is 42.1 Å². The third kappa shape index (κ3) is 6.40. The molecule has 4 rings (SSSR count). The van der Waals surface area contributed by atoms with Gasteiger partial charge < -0.3 is 10.2 Å². The van der Waals surface area contributed by atoms with Gasteiger partial charge in [-0.1, -0.05) is 59.1 Å². The standard InChI is InChI=1S/C25H23Cl3N4OS/c26-19-6-3-5-17(14-19)24(33)30-25(34)29-20-8-9-23(22(28)15-20)32-12-10-31(11-13-32)16-18-4-1-2-7-21(18)27/h1-9,14-15H,10-13,16H2,(H2,29,30,33,34). The monoisotopic (exact) mass is 532 g/mol. The number of nitrogens with one attached hydrogen (secondary N) is 2. The first-order valence-electron chi connectivity index (χ1n) is 10.8. The molecule has 0 bridgehead atoms. The maximum Gasteiger partial charge on any atom is 0.257 e. The minimum Gasteiger partial charge on any atom is -0.368 e. The number of hydrogen-bond donors (Lipinski definition) is 2. The summed E-state index contributed by atoms with van der Waals surface area (Å²) in [4.78, 5) is 17.0. The zero-order chi connectivity index (χ0) is 24.1. The molecular weight excluding hydrogens is 511 g/mol. The lowest BCUT2D eigenvalue weighted by Gasteiger charge is -2.36. The predicted octanol–water partition coefficient (Wildman–Crippen LogP) is 6.10. The Hall–Kier alpha value is -2.35. The SMILES string of the molecule is O=C(NC(=S)Nc1ccc(N2CCN(Cc3ccccc3Cl)CC2)c(Cl)c1)c1cccc(Cl)c1. The number of anilines is 2. The van der Waals surface area contributed by atoms with Crippen molar-refractivity contribution in [1.29, 1.82) is 0 Å². The van der Waals surface area contributed by atoms with Crippen LogP contribution in [-0.2, 0) is 6.54 Å². The third-order valence-electron chi connectivity index (χ3n) is 5.58. The topological polar surface area (TPSA) is 47.6 Å². The third-order valence-corrected chi connectivity index (χ3v) is 6.69. The van der Waals surface area contributed by atoms with Crippen LogP contribution in [0.2, 0.25) is 15.1 Å². The summed E-state index contributed by atoms with van der Waals surface area (Å²) in [5.74, 6) is -0.336. The van der Waals surface area contributed by atoms with Crippen LogP contribution < -0.4 is 15.5 Å². The number of halogens is 3. The van der Waals surface area contributed by atoms with E-state index in [9.17, 15) is 4.79 Å². The molecule has 1 amide bonds. The van der Waals surface area contributed by atoms with Gasteiger partial charge in [0.1, 0.15) is 0 Å². The summed E-state index contributed by atoms with van der Waals surface area (Å²) in [6, 6.07) is 20.3. The Kier molecular flexibility index (Phi) is 8.29. The van der Waals surface area contributed by atoms with E-state index in [4.69, 9.17) is 47.0 Å². The molecule has 0 aromatic heterocycles. The lowest BCUT2D eigenvalue weighted by atomic mass is 10.2. The maximum atomic E-state index is 12.3. The first-order valence-corrected chi connectivity index (χ1v) is 12.3. The molecule has 1 aliphatic heterocycles. The molecule has 34 heavy (non-hydrogen) atoms. The van der Waals surface area contributed by atoms with Crippen molar-refractivity contribution in [3.63, 3.8) is 0 Å². The normalized spacial score (nSPS) is 14.0. The number of piperazine rings is 1. The molecular formula is C25H23Cl3N4OS. The van der Waals surface area contributed by atoms with Crippen LogP contribution in [0.5, 0.6) is 0 Å². The second-order valence-corrected chi connectivity index (χ2v) is 9.60. The van der Waals surface area contributed by atoms with Crippen molar-refractivity contribution in [3.8, 4) is 0 Å². The molecule has 3 aromatic rings. The van der Waals surface area contributed by atoms with Gasteiger partial charge in [-0.15, -0.1) is 0 Å². The Bertz CT molecular complexity index is 1200.